The summed E-state index contributed by atoms with van der Waals surface area (Å²) in [5.74, 6) is -0.830. The first-order valence-corrected chi connectivity index (χ1v) is 9.01. The minimum absolute atomic E-state index is 0.0515. The summed E-state index contributed by atoms with van der Waals surface area (Å²) in [5.41, 5.74) is 2.07. The molecular formula is C21H20ClFN2O2. The van der Waals surface area contributed by atoms with Crippen molar-refractivity contribution in [1.82, 2.24) is 4.57 Å². The van der Waals surface area contributed by atoms with Crippen molar-refractivity contribution in [3.63, 3.8) is 0 Å². The molecule has 3 aromatic rings. The smallest absolute Gasteiger partial charge is 0.257 e. The van der Waals surface area contributed by atoms with Crippen LogP contribution in [0.15, 0.2) is 42.6 Å². The number of carbonyl (C=O) groups is 2. The maximum Gasteiger partial charge on any atom is 0.257 e. The van der Waals surface area contributed by atoms with E-state index in [9.17, 15) is 14.0 Å². The molecule has 1 heterocycles. The topological polar surface area (TPSA) is 51.1 Å². The molecule has 140 valence electrons. The van der Waals surface area contributed by atoms with E-state index in [0.29, 0.717) is 22.6 Å². The number of aromatic nitrogens is 1. The summed E-state index contributed by atoms with van der Waals surface area (Å²) in [7, 11) is 1.76. The van der Waals surface area contributed by atoms with Crippen LogP contribution in [0.25, 0.3) is 10.9 Å². The van der Waals surface area contributed by atoms with Gasteiger partial charge >= 0.3 is 0 Å². The van der Waals surface area contributed by atoms with Crippen molar-refractivity contribution >= 4 is 39.9 Å². The fourth-order valence-corrected chi connectivity index (χ4v) is 3.19. The highest BCUT2D eigenvalue weighted by atomic mass is 35.5. The zero-order valence-corrected chi connectivity index (χ0v) is 16.1. The lowest BCUT2D eigenvalue weighted by Crippen LogP contribution is -2.13. The molecule has 0 bridgehead atoms. The SMILES string of the molecule is CC(C)C(=O)Cc1ccc(NC(=O)c2cn(C)c3cccc(F)c23)c(Cl)c1. The van der Waals surface area contributed by atoms with E-state index in [4.69, 9.17) is 11.6 Å². The number of nitrogens with one attached hydrogen (secondary N) is 1. The van der Waals surface area contributed by atoms with E-state index in [-0.39, 0.29) is 22.7 Å². The number of amides is 1. The van der Waals surface area contributed by atoms with Gasteiger partial charge in [-0.3, -0.25) is 9.59 Å². The number of benzene rings is 2. The molecule has 1 amide bonds. The molecule has 0 saturated heterocycles. The van der Waals surface area contributed by atoms with Crippen molar-refractivity contribution in [3.05, 3.63) is 64.6 Å². The molecule has 0 spiro atoms. The number of hydrogen-bond donors (Lipinski definition) is 1. The summed E-state index contributed by atoms with van der Waals surface area (Å²) in [6.07, 6.45) is 1.88. The van der Waals surface area contributed by atoms with Crippen molar-refractivity contribution in [1.29, 1.82) is 0 Å². The Labute approximate surface area is 161 Å². The second kappa shape index (κ2) is 7.53. The van der Waals surface area contributed by atoms with Gasteiger partial charge in [-0.25, -0.2) is 4.39 Å². The Morgan fingerprint density at radius 2 is 1.96 bits per heavy atom. The van der Waals surface area contributed by atoms with E-state index in [2.05, 4.69) is 5.32 Å². The number of Topliss-reactive ketones (excluding diaryl/α,β-unsaturated/α-hetero) is 1. The lowest BCUT2D eigenvalue weighted by molar-refractivity contribution is -0.121. The molecule has 1 N–H and O–H groups in total. The molecule has 0 atom stereocenters. The van der Waals surface area contributed by atoms with Gasteiger partial charge in [0.25, 0.3) is 5.91 Å². The van der Waals surface area contributed by atoms with Gasteiger partial charge in [0.05, 0.1) is 21.8 Å². The summed E-state index contributed by atoms with van der Waals surface area (Å²) in [5, 5.41) is 3.33. The molecule has 2 aromatic carbocycles. The van der Waals surface area contributed by atoms with Crippen LogP contribution in [0, 0.1) is 11.7 Å². The molecule has 1 aromatic heterocycles. The maximum atomic E-state index is 14.2. The number of carbonyl (C=O) groups excluding carboxylic acids is 2. The highest BCUT2D eigenvalue weighted by Crippen LogP contribution is 2.27. The Hall–Kier alpha value is -2.66. The summed E-state index contributed by atoms with van der Waals surface area (Å²) >= 11 is 6.27. The molecule has 6 heteroatoms. The van der Waals surface area contributed by atoms with Crippen molar-refractivity contribution < 1.29 is 14.0 Å². The van der Waals surface area contributed by atoms with E-state index in [1.165, 1.54) is 6.07 Å². The lowest BCUT2D eigenvalue weighted by atomic mass is 10.0. The normalized spacial score (nSPS) is 11.2. The van der Waals surface area contributed by atoms with Gasteiger partial charge in [0.15, 0.2) is 0 Å². The molecule has 4 nitrogen and oxygen atoms in total. The quantitative estimate of drug-likeness (QED) is 0.671. The van der Waals surface area contributed by atoms with Gasteiger partial charge in [0.1, 0.15) is 11.6 Å². The summed E-state index contributed by atoms with van der Waals surface area (Å²) in [6, 6.07) is 9.76. The molecule has 0 saturated carbocycles. The van der Waals surface area contributed by atoms with Gasteiger partial charge in [-0.2, -0.15) is 0 Å². The van der Waals surface area contributed by atoms with Crippen LogP contribution in [-0.4, -0.2) is 16.3 Å². The number of hydrogen-bond acceptors (Lipinski definition) is 2. The lowest BCUT2D eigenvalue weighted by Gasteiger charge is -2.10. The number of nitrogens with zero attached hydrogens (tertiary/aromatic N) is 1. The molecule has 0 aliphatic heterocycles. The molecule has 0 radical (unpaired) electrons. The van der Waals surface area contributed by atoms with E-state index in [0.717, 1.165) is 5.56 Å². The standard InChI is InChI=1S/C21H20ClFN2O2/c1-12(2)19(26)10-13-7-8-17(15(22)9-13)24-21(27)14-11-25(3)18-6-4-5-16(23)20(14)18/h4-9,11-12H,10H2,1-3H3,(H,24,27). The largest absolute Gasteiger partial charge is 0.350 e. The first-order chi connectivity index (χ1) is 12.8. The third-order valence-corrected chi connectivity index (χ3v) is 4.83. The molecule has 0 aliphatic carbocycles. The predicted octanol–water partition coefficient (Wildman–Crippen LogP) is 4.99. The van der Waals surface area contributed by atoms with Crippen molar-refractivity contribution in [2.45, 2.75) is 20.3 Å². The van der Waals surface area contributed by atoms with Crippen molar-refractivity contribution in [2.75, 3.05) is 5.32 Å². The fourth-order valence-electron chi connectivity index (χ4n) is 2.94. The highest BCUT2D eigenvalue weighted by Gasteiger charge is 2.18. The Morgan fingerprint density at radius 1 is 1.22 bits per heavy atom. The van der Waals surface area contributed by atoms with Crippen LogP contribution in [-0.2, 0) is 18.3 Å². The van der Waals surface area contributed by atoms with Gasteiger partial charge in [0, 0.05) is 31.0 Å². The van der Waals surface area contributed by atoms with Crippen LogP contribution in [0.2, 0.25) is 5.02 Å². The van der Waals surface area contributed by atoms with Gasteiger partial charge < -0.3 is 9.88 Å². The summed E-state index contributed by atoms with van der Waals surface area (Å²) < 4.78 is 15.9. The zero-order valence-electron chi connectivity index (χ0n) is 15.3. The maximum absolute atomic E-state index is 14.2. The van der Waals surface area contributed by atoms with Crippen LogP contribution in [0.5, 0.6) is 0 Å². The van der Waals surface area contributed by atoms with Crippen LogP contribution >= 0.6 is 11.6 Å². The first kappa shape index (κ1) is 19.1. The Kier molecular flexibility index (Phi) is 5.33. The van der Waals surface area contributed by atoms with Gasteiger partial charge in [-0.05, 0) is 29.8 Å². The molecule has 0 unspecified atom stereocenters. The van der Waals surface area contributed by atoms with Crippen molar-refractivity contribution in [2.24, 2.45) is 13.0 Å². The van der Waals surface area contributed by atoms with E-state index in [1.807, 2.05) is 13.8 Å². The molecule has 0 fully saturated rings. The van der Waals surface area contributed by atoms with E-state index < -0.39 is 11.7 Å². The molecule has 3 rings (SSSR count). The zero-order chi connectivity index (χ0) is 19.7. The highest BCUT2D eigenvalue weighted by molar-refractivity contribution is 6.34. The van der Waals surface area contributed by atoms with Crippen LogP contribution in [0.1, 0.15) is 29.8 Å². The number of aryl methyl sites for hydroxylation is 1. The Morgan fingerprint density at radius 3 is 2.63 bits per heavy atom. The van der Waals surface area contributed by atoms with E-state index >= 15 is 0 Å². The summed E-state index contributed by atoms with van der Waals surface area (Å²) in [6.45, 7) is 3.70. The van der Waals surface area contributed by atoms with Crippen LogP contribution in [0.3, 0.4) is 0 Å². The van der Waals surface area contributed by atoms with Crippen LogP contribution in [0.4, 0.5) is 10.1 Å². The minimum Gasteiger partial charge on any atom is -0.350 e. The first-order valence-electron chi connectivity index (χ1n) is 8.64. The average Bonchev–Trinajstić information content (AvgIpc) is 2.95. The number of fused-ring (bicyclic) bond motifs is 1. The number of halogens is 2. The third kappa shape index (κ3) is 3.88. The number of rotatable bonds is 5. The predicted molar refractivity (Wildman–Crippen MR) is 106 cm³/mol. The Bertz CT molecular complexity index is 1040. The van der Waals surface area contributed by atoms with Crippen LogP contribution < -0.4 is 5.32 Å². The minimum atomic E-state index is -0.452. The average molecular weight is 387 g/mol. The second-order valence-electron chi connectivity index (χ2n) is 6.85. The summed E-state index contributed by atoms with van der Waals surface area (Å²) in [4.78, 5) is 24.6. The van der Waals surface area contributed by atoms with Gasteiger partial charge in [-0.1, -0.05) is 37.6 Å². The monoisotopic (exact) mass is 386 g/mol. The number of anilines is 1. The fraction of sp³-hybridized carbons (Fsp3) is 0.238. The molecule has 27 heavy (non-hydrogen) atoms. The molecule has 0 aliphatic rings. The molecular weight excluding hydrogens is 367 g/mol. The van der Waals surface area contributed by atoms with Crippen molar-refractivity contribution in [3.8, 4) is 0 Å². The number of ketones is 1. The van der Waals surface area contributed by atoms with Gasteiger partial charge in [0.2, 0.25) is 0 Å². The second-order valence-corrected chi connectivity index (χ2v) is 7.26. The third-order valence-electron chi connectivity index (χ3n) is 4.51. The van der Waals surface area contributed by atoms with Gasteiger partial charge in [-0.15, -0.1) is 0 Å². The Balaban J connectivity index is 1.86. The van der Waals surface area contributed by atoms with E-state index in [1.54, 1.807) is 48.1 Å².